The zero-order valence-corrected chi connectivity index (χ0v) is 13.2. The topological polar surface area (TPSA) is 56.3 Å². The highest BCUT2D eigenvalue weighted by Gasteiger charge is 2.15. The Labute approximate surface area is 126 Å². The molecule has 1 aromatic heterocycles. The molecule has 0 aliphatic carbocycles. The van der Waals surface area contributed by atoms with Crippen molar-refractivity contribution in [3.8, 4) is 0 Å². The number of hydrogen-bond donors (Lipinski definition) is 0. The van der Waals surface area contributed by atoms with Crippen molar-refractivity contribution in [1.29, 1.82) is 0 Å². The van der Waals surface area contributed by atoms with E-state index >= 15 is 0 Å². The molecule has 2 aromatic rings. The van der Waals surface area contributed by atoms with Crippen LogP contribution in [0.2, 0.25) is 0 Å². The van der Waals surface area contributed by atoms with E-state index in [1.165, 1.54) is 0 Å². The van der Waals surface area contributed by atoms with Gasteiger partial charge in [0.1, 0.15) is 0 Å². The van der Waals surface area contributed by atoms with Crippen LogP contribution < -0.4 is 0 Å². The van der Waals surface area contributed by atoms with Gasteiger partial charge in [0, 0.05) is 21.5 Å². The summed E-state index contributed by atoms with van der Waals surface area (Å²) in [7, 11) is -3.72. The smallest absolute Gasteiger partial charge is 0.264 e. The van der Waals surface area contributed by atoms with Crippen molar-refractivity contribution in [2.45, 2.75) is 18.4 Å². The maximum Gasteiger partial charge on any atom is 0.297 e. The van der Waals surface area contributed by atoms with Crippen molar-refractivity contribution in [2.24, 2.45) is 0 Å². The normalized spacial score (nSPS) is 11.5. The van der Waals surface area contributed by atoms with E-state index in [-0.39, 0.29) is 11.5 Å². The van der Waals surface area contributed by atoms with Gasteiger partial charge in [-0.05, 0) is 47.7 Å². The molecule has 4 nitrogen and oxygen atoms in total. The second kappa shape index (κ2) is 5.98. The molecular weight excluding hydrogens is 377 g/mol. The molecule has 0 fully saturated rings. The Morgan fingerprint density at radius 1 is 1.21 bits per heavy atom. The van der Waals surface area contributed by atoms with Gasteiger partial charge >= 0.3 is 0 Å². The van der Waals surface area contributed by atoms with Gasteiger partial charge < -0.3 is 0 Å². The predicted molar refractivity (Wildman–Crippen MR) is 80.1 cm³/mol. The molecule has 100 valence electrons. The van der Waals surface area contributed by atoms with E-state index in [2.05, 4.69) is 27.6 Å². The molecule has 0 aliphatic heterocycles. The lowest BCUT2D eigenvalue weighted by atomic mass is 10.2. The number of aromatic nitrogens is 1. The van der Waals surface area contributed by atoms with E-state index in [4.69, 9.17) is 4.18 Å². The Morgan fingerprint density at radius 2 is 1.89 bits per heavy atom. The average Bonchev–Trinajstić information content (AvgIpc) is 2.38. The maximum atomic E-state index is 12.0. The minimum Gasteiger partial charge on any atom is -0.264 e. The highest BCUT2D eigenvalue weighted by molar-refractivity contribution is 14.1. The van der Waals surface area contributed by atoms with Gasteiger partial charge in [-0.15, -0.1) is 0 Å². The summed E-state index contributed by atoms with van der Waals surface area (Å²) in [5.41, 5.74) is 1.75. The van der Waals surface area contributed by atoms with Gasteiger partial charge in [-0.3, -0.25) is 9.17 Å². The molecule has 0 atom stereocenters. The lowest BCUT2D eigenvalue weighted by molar-refractivity contribution is 0.307. The molecule has 0 bridgehead atoms. The minimum absolute atomic E-state index is 0.0116. The molecule has 6 heteroatoms. The molecule has 0 aliphatic rings. The van der Waals surface area contributed by atoms with Crippen molar-refractivity contribution >= 4 is 32.7 Å². The van der Waals surface area contributed by atoms with Crippen LogP contribution in [0.25, 0.3) is 0 Å². The van der Waals surface area contributed by atoms with Gasteiger partial charge in [-0.25, -0.2) is 0 Å². The fourth-order valence-corrected chi connectivity index (χ4v) is 2.77. The van der Waals surface area contributed by atoms with Crippen LogP contribution in [0.3, 0.4) is 0 Å². The van der Waals surface area contributed by atoms with Crippen molar-refractivity contribution in [3.05, 3.63) is 57.4 Å². The molecule has 19 heavy (non-hydrogen) atoms. The first-order valence-electron chi connectivity index (χ1n) is 5.53. The van der Waals surface area contributed by atoms with Gasteiger partial charge in [0.25, 0.3) is 10.1 Å². The van der Waals surface area contributed by atoms with Gasteiger partial charge in [0.15, 0.2) is 0 Å². The molecule has 0 unspecified atom stereocenters. The molecule has 1 heterocycles. The van der Waals surface area contributed by atoms with Crippen LogP contribution in [-0.2, 0) is 20.9 Å². The summed E-state index contributed by atoms with van der Waals surface area (Å²) in [6.45, 7) is 1.89. The molecule has 0 N–H and O–H groups in total. The Kier molecular flexibility index (Phi) is 4.54. The first kappa shape index (κ1) is 14.4. The highest BCUT2D eigenvalue weighted by atomic mass is 127. The van der Waals surface area contributed by atoms with Crippen molar-refractivity contribution < 1.29 is 12.6 Å². The fourth-order valence-electron chi connectivity index (χ4n) is 1.43. The van der Waals surface area contributed by atoms with Crippen molar-refractivity contribution in [1.82, 2.24) is 4.98 Å². The molecule has 0 amide bonds. The second-order valence-electron chi connectivity index (χ2n) is 4.00. The standard InChI is InChI=1S/C13H12INO3S/c1-10-2-4-12(5-3-10)19(16,17)18-9-11-8-15-7-6-13(11)14/h2-8H,9H2,1H3. The lowest BCUT2D eigenvalue weighted by Crippen LogP contribution is -2.07. The molecule has 1 aromatic carbocycles. The molecule has 0 spiro atoms. The molecule has 2 rings (SSSR count). The van der Waals surface area contributed by atoms with Crippen molar-refractivity contribution in [2.75, 3.05) is 0 Å². The largest absolute Gasteiger partial charge is 0.297 e. The maximum absolute atomic E-state index is 12.0. The van der Waals surface area contributed by atoms with Gasteiger partial charge in [-0.2, -0.15) is 8.42 Å². The summed E-state index contributed by atoms with van der Waals surface area (Å²) in [6.07, 6.45) is 3.26. The van der Waals surface area contributed by atoms with E-state index in [0.29, 0.717) is 0 Å². The Hall–Kier alpha value is -0.990. The van der Waals surface area contributed by atoms with Crippen LogP contribution in [0.1, 0.15) is 11.1 Å². The summed E-state index contributed by atoms with van der Waals surface area (Å²) in [6, 6.07) is 8.36. The van der Waals surface area contributed by atoms with Gasteiger partial charge in [-0.1, -0.05) is 17.7 Å². The van der Waals surface area contributed by atoms with E-state index in [1.807, 2.05) is 6.92 Å². The fraction of sp³-hybridized carbons (Fsp3) is 0.154. The number of rotatable bonds is 4. The van der Waals surface area contributed by atoms with Crippen molar-refractivity contribution in [3.63, 3.8) is 0 Å². The highest BCUT2D eigenvalue weighted by Crippen LogP contribution is 2.17. The Bertz CT molecular complexity index is 669. The SMILES string of the molecule is Cc1ccc(S(=O)(=O)OCc2cnccc2I)cc1. The summed E-state index contributed by atoms with van der Waals surface area (Å²) in [4.78, 5) is 4.11. The third-order valence-corrected chi connectivity index (χ3v) is 4.85. The molecule has 0 saturated carbocycles. The van der Waals surface area contributed by atoms with E-state index < -0.39 is 10.1 Å². The van der Waals surface area contributed by atoms with Crippen LogP contribution in [0, 0.1) is 10.5 Å². The summed E-state index contributed by atoms with van der Waals surface area (Å²) >= 11 is 2.12. The number of hydrogen-bond acceptors (Lipinski definition) is 4. The molecule has 0 radical (unpaired) electrons. The van der Waals surface area contributed by atoms with Gasteiger partial charge in [0.05, 0.1) is 11.5 Å². The van der Waals surface area contributed by atoms with E-state index in [9.17, 15) is 8.42 Å². The summed E-state index contributed by atoms with van der Waals surface area (Å²) < 4.78 is 29.9. The zero-order chi connectivity index (χ0) is 13.9. The second-order valence-corrected chi connectivity index (χ2v) is 6.77. The van der Waals surface area contributed by atoms with E-state index in [0.717, 1.165) is 14.7 Å². The number of aryl methyl sites for hydroxylation is 1. The number of nitrogens with zero attached hydrogens (tertiary/aromatic N) is 1. The van der Waals surface area contributed by atoms with Crippen LogP contribution >= 0.6 is 22.6 Å². The Morgan fingerprint density at radius 3 is 2.53 bits per heavy atom. The van der Waals surface area contributed by atoms with Crippen LogP contribution in [0.4, 0.5) is 0 Å². The number of pyridine rings is 1. The third kappa shape index (κ3) is 3.74. The van der Waals surface area contributed by atoms with E-state index in [1.54, 1.807) is 42.7 Å². The first-order valence-corrected chi connectivity index (χ1v) is 8.02. The lowest BCUT2D eigenvalue weighted by Gasteiger charge is -2.07. The Balaban J connectivity index is 2.14. The van der Waals surface area contributed by atoms with Gasteiger partial charge in [0.2, 0.25) is 0 Å². The quantitative estimate of drug-likeness (QED) is 0.596. The first-order chi connectivity index (χ1) is 8.99. The van der Waals surface area contributed by atoms with Crippen LogP contribution in [0.5, 0.6) is 0 Å². The molecule has 0 saturated heterocycles. The van der Waals surface area contributed by atoms with Crippen LogP contribution in [0.15, 0.2) is 47.6 Å². The monoisotopic (exact) mass is 389 g/mol. The molecular formula is C13H12INO3S. The zero-order valence-electron chi connectivity index (χ0n) is 10.2. The summed E-state index contributed by atoms with van der Waals surface area (Å²) in [5, 5.41) is 0. The minimum atomic E-state index is -3.72. The summed E-state index contributed by atoms with van der Waals surface area (Å²) in [5.74, 6) is 0. The average molecular weight is 389 g/mol. The number of benzene rings is 1. The van der Waals surface area contributed by atoms with Crippen LogP contribution in [-0.4, -0.2) is 13.4 Å². The predicted octanol–water partition coefficient (Wildman–Crippen LogP) is 2.90. The number of halogens is 1. The third-order valence-electron chi connectivity index (χ3n) is 2.52.